The zero-order valence-electron chi connectivity index (χ0n) is 18.9. The molecule has 1 atom stereocenters. The number of imide groups is 1. The minimum Gasteiger partial charge on any atom is -0.489 e. The Balaban J connectivity index is 1.49. The van der Waals surface area contributed by atoms with Crippen molar-refractivity contribution in [2.24, 2.45) is 0 Å². The smallest absolute Gasteiger partial charge is 0.230 e. The fraction of sp³-hybridized carbons (Fsp3) is 0.400. The van der Waals surface area contributed by atoms with Crippen molar-refractivity contribution in [3.63, 3.8) is 0 Å². The van der Waals surface area contributed by atoms with Gasteiger partial charge in [-0.3, -0.25) is 19.5 Å². The van der Waals surface area contributed by atoms with Crippen LogP contribution in [-0.4, -0.2) is 54.0 Å². The zero-order chi connectivity index (χ0) is 23.4. The van der Waals surface area contributed by atoms with Crippen molar-refractivity contribution in [3.8, 4) is 16.9 Å². The lowest BCUT2D eigenvalue weighted by molar-refractivity contribution is -0.138. The Hall–Kier alpha value is -2.68. The Kier molecular flexibility index (Phi) is 5.47. The molecule has 176 valence electrons. The van der Waals surface area contributed by atoms with E-state index < -0.39 is 0 Å². The van der Waals surface area contributed by atoms with Crippen LogP contribution in [0.1, 0.15) is 29.8 Å². The first-order valence-corrected chi connectivity index (χ1v) is 12.8. The number of likely N-dealkylation sites (tertiary alicyclic amines) is 1. The van der Waals surface area contributed by atoms with Crippen LogP contribution in [0.25, 0.3) is 21.3 Å². The molecule has 6 rings (SSSR count). The molecule has 2 saturated heterocycles. The van der Waals surface area contributed by atoms with Crippen LogP contribution in [0, 0.1) is 6.92 Å². The van der Waals surface area contributed by atoms with E-state index in [9.17, 15) is 9.59 Å². The Morgan fingerprint density at radius 3 is 2.76 bits per heavy atom. The largest absolute Gasteiger partial charge is 0.489 e. The minimum absolute atomic E-state index is 0.103. The molecule has 7 nitrogen and oxygen atoms in total. The number of anilines is 1. The molecule has 0 unspecified atom stereocenters. The summed E-state index contributed by atoms with van der Waals surface area (Å²) in [6, 6.07) is 8.44. The van der Waals surface area contributed by atoms with Gasteiger partial charge in [0.25, 0.3) is 0 Å². The summed E-state index contributed by atoms with van der Waals surface area (Å²) in [5.41, 5.74) is 4.94. The highest BCUT2D eigenvalue weighted by Crippen LogP contribution is 2.47. The summed E-state index contributed by atoms with van der Waals surface area (Å²) in [7, 11) is 0. The van der Waals surface area contributed by atoms with E-state index in [-0.39, 0.29) is 11.8 Å². The zero-order valence-corrected chi connectivity index (χ0v) is 20.5. The number of carbonyl (C=O) groups is 2. The van der Waals surface area contributed by atoms with E-state index in [1.54, 1.807) is 11.3 Å². The van der Waals surface area contributed by atoms with E-state index in [4.69, 9.17) is 21.3 Å². The fourth-order valence-corrected chi connectivity index (χ4v) is 6.58. The van der Waals surface area contributed by atoms with Gasteiger partial charge in [-0.2, -0.15) is 0 Å². The summed E-state index contributed by atoms with van der Waals surface area (Å²) in [4.78, 5) is 33.9. The molecule has 1 N–H and O–H groups in total. The van der Waals surface area contributed by atoms with Crippen molar-refractivity contribution >= 4 is 50.7 Å². The number of aromatic nitrogens is 1. The topological polar surface area (TPSA) is 74.8 Å². The van der Waals surface area contributed by atoms with Gasteiger partial charge in [0.2, 0.25) is 11.8 Å². The van der Waals surface area contributed by atoms with Crippen LogP contribution >= 0.6 is 22.9 Å². The maximum Gasteiger partial charge on any atom is 0.230 e. The van der Waals surface area contributed by atoms with Gasteiger partial charge in [0.05, 0.1) is 29.0 Å². The van der Waals surface area contributed by atoms with Gasteiger partial charge in [-0.25, -0.2) is 0 Å². The van der Waals surface area contributed by atoms with Crippen LogP contribution < -0.4 is 15.0 Å². The van der Waals surface area contributed by atoms with Gasteiger partial charge in [-0.15, -0.1) is 11.3 Å². The number of benzene rings is 1. The van der Waals surface area contributed by atoms with E-state index in [1.807, 2.05) is 25.1 Å². The van der Waals surface area contributed by atoms with Gasteiger partial charge in [-0.1, -0.05) is 11.6 Å². The first-order chi connectivity index (χ1) is 16.5. The summed E-state index contributed by atoms with van der Waals surface area (Å²) in [6.07, 6.45) is 1.69. The number of nitrogens with one attached hydrogen (secondary N) is 1. The number of hydrogen-bond donors (Lipinski definition) is 1. The molecule has 2 amide bonds. The number of thiophene rings is 1. The highest BCUT2D eigenvalue weighted by Gasteiger charge is 2.32. The molecule has 3 aliphatic rings. The Morgan fingerprint density at radius 1 is 1.18 bits per heavy atom. The lowest BCUT2D eigenvalue weighted by atomic mass is 9.99. The van der Waals surface area contributed by atoms with Crippen LogP contribution in [0.2, 0.25) is 5.02 Å². The van der Waals surface area contributed by atoms with Gasteiger partial charge in [0.15, 0.2) is 0 Å². The molecule has 0 saturated carbocycles. The molecule has 2 aromatic heterocycles. The van der Waals surface area contributed by atoms with E-state index >= 15 is 0 Å². The number of fused-ring (bicyclic) bond motifs is 2. The van der Waals surface area contributed by atoms with Crippen molar-refractivity contribution in [2.75, 3.05) is 31.1 Å². The third-order valence-electron chi connectivity index (χ3n) is 6.81. The second-order valence-corrected chi connectivity index (χ2v) is 10.7. The fourth-order valence-electron chi connectivity index (χ4n) is 5.26. The number of pyridine rings is 1. The summed E-state index contributed by atoms with van der Waals surface area (Å²) in [5.74, 6) is 0.607. The first kappa shape index (κ1) is 21.8. The lowest BCUT2D eigenvalue weighted by Crippen LogP contribution is -2.42. The molecule has 9 heteroatoms. The normalized spacial score (nSPS) is 20.4. The number of ether oxygens (including phenoxy) is 1. The molecule has 0 aliphatic carbocycles. The predicted octanol–water partition coefficient (Wildman–Crippen LogP) is 4.13. The molecular weight excluding hydrogens is 472 g/mol. The summed E-state index contributed by atoms with van der Waals surface area (Å²) in [6.45, 7) is 5.72. The molecular formula is C25H25ClN4O3S. The highest BCUT2D eigenvalue weighted by molar-refractivity contribution is 7.19. The van der Waals surface area contributed by atoms with E-state index in [1.165, 1.54) is 4.90 Å². The maximum absolute atomic E-state index is 12.2. The minimum atomic E-state index is -0.103. The van der Waals surface area contributed by atoms with E-state index in [2.05, 4.69) is 16.3 Å². The first-order valence-electron chi connectivity index (χ1n) is 11.7. The van der Waals surface area contributed by atoms with Gasteiger partial charge >= 0.3 is 0 Å². The molecule has 3 aromatic rings. The van der Waals surface area contributed by atoms with Crippen LogP contribution in [0.15, 0.2) is 24.3 Å². The second-order valence-electron chi connectivity index (χ2n) is 9.10. The number of carbonyl (C=O) groups excluding carboxylic acids is 2. The molecule has 34 heavy (non-hydrogen) atoms. The van der Waals surface area contributed by atoms with E-state index in [0.29, 0.717) is 37.1 Å². The second kappa shape index (κ2) is 8.52. The highest BCUT2D eigenvalue weighted by atomic mass is 35.5. The molecule has 2 fully saturated rings. The van der Waals surface area contributed by atoms with Crippen LogP contribution in [0.3, 0.4) is 0 Å². The summed E-state index contributed by atoms with van der Waals surface area (Å²) >= 11 is 8.16. The average molecular weight is 497 g/mol. The van der Waals surface area contributed by atoms with Crippen molar-refractivity contribution in [2.45, 2.75) is 38.8 Å². The van der Waals surface area contributed by atoms with E-state index in [0.717, 1.165) is 69.4 Å². The number of nitrogens with zero attached hydrogens (tertiary/aromatic N) is 3. The number of amides is 2. The third kappa shape index (κ3) is 3.74. The monoisotopic (exact) mass is 496 g/mol. The molecule has 5 heterocycles. The Labute approximate surface area is 206 Å². The van der Waals surface area contributed by atoms with Gasteiger partial charge < -0.3 is 15.0 Å². The van der Waals surface area contributed by atoms with Crippen molar-refractivity contribution in [1.29, 1.82) is 0 Å². The van der Waals surface area contributed by atoms with Crippen LogP contribution in [0.4, 0.5) is 5.69 Å². The molecule has 0 spiro atoms. The number of rotatable bonds is 4. The van der Waals surface area contributed by atoms with Gasteiger partial charge in [-0.05, 0) is 38.1 Å². The number of halogens is 1. The summed E-state index contributed by atoms with van der Waals surface area (Å²) < 4.78 is 7.10. The number of hydrogen-bond acceptors (Lipinski definition) is 7. The summed E-state index contributed by atoms with van der Waals surface area (Å²) in [5, 5.41) is 4.11. The molecule has 3 aliphatic heterocycles. The van der Waals surface area contributed by atoms with Crippen molar-refractivity contribution in [1.82, 2.24) is 15.2 Å². The van der Waals surface area contributed by atoms with Crippen LogP contribution in [-0.2, 0) is 16.1 Å². The quantitative estimate of drug-likeness (QED) is 0.547. The van der Waals surface area contributed by atoms with Crippen LogP contribution in [0.5, 0.6) is 5.75 Å². The average Bonchev–Trinajstić information content (AvgIpc) is 3.55. The van der Waals surface area contributed by atoms with Gasteiger partial charge in [0, 0.05) is 58.2 Å². The van der Waals surface area contributed by atoms with Gasteiger partial charge in [0.1, 0.15) is 12.4 Å². The predicted molar refractivity (Wildman–Crippen MR) is 134 cm³/mol. The maximum atomic E-state index is 12.2. The third-order valence-corrected chi connectivity index (χ3v) is 8.17. The number of aryl methyl sites for hydroxylation is 1. The molecule has 0 radical (unpaired) electrons. The molecule has 0 bridgehead atoms. The molecule has 1 aromatic carbocycles. The Morgan fingerprint density at radius 2 is 2.00 bits per heavy atom. The van der Waals surface area contributed by atoms with Crippen molar-refractivity contribution < 1.29 is 14.3 Å². The van der Waals surface area contributed by atoms with Crippen molar-refractivity contribution in [3.05, 3.63) is 39.9 Å². The SMILES string of the molecule is Cc1cc(-c2cc(Cl)cc3c2N([C@H]2CCNC2)CCO3)c2sc(CN3C(=O)CCC3=O)cc2n1. The Bertz CT molecular complexity index is 1300. The standard InChI is InChI=1S/C25H25ClN4O3S/c1-14-8-19(25-20(28-14)11-17(34-25)13-30-22(31)2-3-23(30)32)18-9-15(26)10-21-24(18)29(6-7-33-21)16-4-5-27-12-16/h8-11,16,27H,2-7,12-13H2,1H3/t16-/m0/s1. The lowest BCUT2D eigenvalue weighted by Gasteiger charge is -2.37.